The molecule has 0 aliphatic carbocycles. The topological polar surface area (TPSA) is 58.2 Å². The molecule has 0 atom stereocenters. The third-order valence-electron chi connectivity index (χ3n) is 3.60. The maximum absolute atomic E-state index is 12.9. The molecule has 0 saturated carbocycles. The Kier molecular flexibility index (Phi) is 5.43. The van der Waals surface area contributed by atoms with Crippen molar-refractivity contribution in [2.24, 2.45) is 0 Å². The van der Waals surface area contributed by atoms with E-state index < -0.39 is 0 Å². The summed E-state index contributed by atoms with van der Waals surface area (Å²) in [6.45, 7) is 0. The summed E-state index contributed by atoms with van der Waals surface area (Å²) in [6, 6.07) is 19.1. The number of hydrogen-bond acceptors (Lipinski definition) is 2. The van der Waals surface area contributed by atoms with E-state index in [0.29, 0.717) is 27.0 Å². The van der Waals surface area contributed by atoms with E-state index in [1.165, 1.54) is 24.3 Å². The quantitative estimate of drug-likeness (QED) is 0.626. The number of carbonyl (C=O) groups is 2. The molecule has 0 aliphatic heterocycles. The van der Waals surface area contributed by atoms with Gasteiger partial charge in [0.15, 0.2) is 0 Å². The minimum atomic E-state index is -0.375. The van der Waals surface area contributed by atoms with Gasteiger partial charge >= 0.3 is 0 Å². The van der Waals surface area contributed by atoms with Crippen molar-refractivity contribution in [3.63, 3.8) is 0 Å². The lowest BCUT2D eigenvalue weighted by Gasteiger charge is -2.09. The molecule has 0 aliphatic rings. The molecule has 0 radical (unpaired) electrons. The summed E-state index contributed by atoms with van der Waals surface area (Å²) >= 11 is 3.34. The monoisotopic (exact) mass is 412 g/mol. The Morgan fingerprint density at radius 3 is 2.19 bits per heavy atom. The first-order valence-electron chi connectivity index (χ1n) is 7.76. The van der Waals surface area contributed by atoms with E-state index >= 15 is 0 Å². The first-order valence-corrected chi connectivity index (χ1v) is 8.55. The lowest BCUT2D eigenvalue weighted by molar-refractivity contribution is 0.101. The highest BCUT2D eigenvalue weighted by Crippen LogP contribution is 2.19. The lowest BCUT2D eigenvalue weighted by Crippen LogP contribution is -2.15. The molecule has 6 heteroatoms. The number of amides is 2. The van der Waals surface area contributed by atoms with Crippen molar-refractivity contribution in [3.05, 3.63) is 94.2 Å². The largest absolute Gasteiger partial charge is 0.322 e. The summed E-state index contributed by atoms with van der Waals surface area (Å²) in [4.78, 5) is 24.7. The molecule has 0 aromatic heterocycles. The highest BCUT2D eigenvalue weighted by molar-refractivity contribution is 9.10. The van der Waals surface area contributed by atoms with Crippen molar-refractivity contribution in [3.8, 4) is 0 Å². The van der Waals surface area contributed by atoms with Gasteiger partial charge in [-0.3, -0.25) is 9.59 Å². The second-order valence-electron chi connectivity index (χ2n) is 5.48. The van der Waals surface area contributed by atoms with E-state index in [2.05, 4.69) is 26.6 Å². The number of benzene rings is 3. The molecule has 3 rings (SSSR count). The van der Waals surface area contributed by atoms with Gasteiger partial charge in [-0.15, -0.1) is 0 Å². The zero-order valence-electron chi connectivity index (χ0n) is 13.5. The van der Waals surface area contributed by atoms with Crippen LogP contribution in [0.3, 0.4) is 0 Å². The molecule has 130 valence electrons. The van der Waals surface area contributed by atoms with Crippen molar-refractivity contribution >= 4 is 39.1 Å². The van der Waals surface area contributed by atoms with Crippen molar-refractivity contribution in [1.82, 2.24) is 0 Å². The van der Waals surface area contributed by atoms with Gasteiger partial charge in [0.05, 0.1) is 5.56 Å². The number of nitrogens with one attached hydrogen (secondary N) is 2. The van der Waals surface area contributed by atoms with Crippen LogP contribution in [0.4, 0.5) is 15.8 Å². The van der Waals surface area contributed by atoms with Gasteiger partial charge in [0.1, 0.15) is 5.82 Å². The van der Waals surface area contributed by atoms with Crippen molar-refractivity contribution < 1.29 is 14.0 Å². The summed E-state index contributed by atoms with van der Waals surface area (Å²) in [6.07, 6.45) is 0. The van der Waals surface area contributed by atoms with E-state index in [1.807, 2.05) is 6.07 Å². The van der Waals surface area contributed by atoms with Crippen molar-refractivity contribution in [1.29, 1.82) is 0 Å². The lowest BCUT2D eigenvalue weighted by atomic mass is 10.1. The molecule has 3 aromatic carbocycles. The fourth-order valence-electron chi connectivity index (χ4n) is 2.32. The molecule has 2 N–H and O–H groups in total. The maximum atomic E-state index is 12.9. The van der Waals surface area contributed by atoms with Crippen LogP contribution in [0.1, 0.15) is 20.7 Å². The van der Waals surface area contributed by atoms with E-state index in [9.17, 15) is 14.0 Å². The third-order valence-corrected chi connectivity index (χ3v) is 4.29. The van der Waals surface area contributed by atoms with E-state index in [0.717, 1.165) is 0 Å². The standard InChI is InChI=1S/C20H14BrFN2O2/c21-18-7-2-1-6-17(18)20(26)24-16-5-3-4-13(12-16)19(25)23-15-10-8-14(22)9-11-15/h1-12H,(H,23,25)(H,24,26). The first kappa shape index (κ1) is 17.8. The Labute approximate surface area is 158 Å². The normalized spacial score (nSPS) is 10.2. The van der Waals surface area contributed by atoms with Crippen LogP contribution >= 0.6 is 15.9 Å². The molecule has 0 fully saturated rings. The summed E-state index contributed by atoms with van der Waals surface area (Å²) in [5.74, 6) is -1.01. The molecule has 3 aromatic rings. The maximum Gasteiger partial charge on any atom is 0.256 e. The minimum Gasteiger partial charge on any atom is -0.322 e. The second-order valence-corrected chi connectivity index (χ2v) is 6.33. The second kappa shape index (κ2) is 7.93. The Hall–Kier alpha value is -2.99. The Morgan fingerprint density at radius 1 is 0.769 bits per heavy atom. The highest BCUT2D eigenvalue weighted by atomic mass is 79.9. The van der Waals surface area contributed by atoms with Crippen LogP contribution in [-0.4, -0.2) is 11.8 Å². The number of halogens is 2. The van der Waals surface area contributed by atoms with E-state index in [1.54, 1.807) is 42.5 Å². The van der Waals surface area contributed by atoms with Gasteiger partial charge in [0.2, 0.25) is 0 Å². The Morgan fingerprint density at radius 2 is 1.46 bits per heavy atom. The van der Waals surface area contributed by atoms with Gasteiger partial charge in [0, 0.05) is 21.4 Å². The summed E-state index contributed by atoms with van der Waals surface area (Å²) < 4.78 is 13.6. The average molecular weight is 413 g/mol. The predicted octanol–water partition coefficient (Wildman–Crippen LogP) is 5.09. The van der Waals surface area contributed by atoms with Gasteiger partial charge in [-0.1, -0.05) is 18.2 Å². The van der Waals surface area contributed by atoms with Gasteiger partial charge in [0.25, 0.3) is 11.8 Å². The van der Waals surface area contributed by atoms with E-state index in [-0.39, 0.29) is 17.6 Å². The molecule has 0 saturated heterocycles. The van der Waals surface area contributed by atoms with Crippen LogP contribution in [0.2, 0.25) is 0 Å². The van der Waals surface area contributed by atoms with Gasteiger partial charge < -0.3 is 10.6 Å². The molecule has 0 spiro atoms. The number of rotatable bonds is 4. The number of anilines is 2. The van der Waals surface area contributed by atoms with Crippen molar-refractivity contribution in [2.45, 2.75) is 0 Å². The first-order chi connectivity index (χ1) is 12.5. The van der Waals surface area contributed by atoms with Crippen LogP contribution in [0.5, 0.6) is 0 Å². The van der Waals surface area contributed by atoms with Crippen molar-refractivity contribution in [2.75, 3.05) is 10.6 Å². The van der Waals surface area contributed by atoms with Crippen LogP contribution in [0, 0.1) is 5.82 Å². The SMILES string of the molecule is O=C(Nc1ccc(F)cc1)c1cccc(NC(=O)c2ccccc2Br)c1. The molecule has 0 bridgehead atoms. The highest BCUT2D eigenvalue weighted by Gasteiger charge is 2.11. The van der Waals surface area contributed by atoms with Crippen LogP contribution in [-0.2, 0) is 0 Å². The zero-order chi connectivity index (χ0) is 18.5. The fraction of sp³-hybridized carbons (Fsp3) is 0. The summed E-state index contributed by atoms with van der Waals surface area (Å²) in [5, 5.41) is 5.45. The fourth-order valence-corrected chi connectivity index (χ4v) is 2.78. The number of carbonyl (C=O) groups excluding carboxylic acids is 2. The molecule has 26 heavy (non-hydrogen) atoms. The molecular weight excluding hydrogens is 399 g/mol. The molecule has 4 nitrogen and oxygen atoms in total. The molecule has 2 amide bonds. The van der Waals surface area contributed by atoms with Gasteiger partial charge in [-0.2, -0.15) is 0 Å². The minimum absolute atomic E-state index is 0.284. The Bertz CT molecular complexity index is 958. The summed E-state index contributed by atoms with van der Waals surface area (Å²) in [5.41, 5.74) is 1.85. The summed E-state index contributed by atoms with van der Waals surface area (Å²) in [7, 11) is 0. The molecular formula is C20H14BrFN2O2. The average Bonchev–Trinajstić information content (AvgIpc) is 2.64. The van der Waals surface area contributed by atoms with Crippen LogP contribution < -0.4 is 10.6 Å². The van der Waals surface area contributed by atoms with Crippen LogP contribution in [0.25, 0.3) is 0 Å². The van der Waals surface area contributed by atoms with Gasteiger partial charge in [-0.25, -0.2) is 4.39 Å². The number of hydrogen-bond donors (Lipinski definition) is 2. The molecule has 0 heterocycles. The smallest absolute Gasteiger partial charge is 0.256 e. The van der Waals surface area contributed by atoms with Gasteiger partial charge in [-0.05, 0) is 70.5 Å². The van der Waals surface area contributed by atoms with E-state index in [4.69, 9.17) is 0 Å². The predicted molar refractivity (Wildman–Crippen MR) is 103 cm³/mol. The Balaban J connectivity index is 1.73. The third kappa shape index (κ3) is 4.34. The molecule has 0 unspecified atom stereocenters. The van der Waals surface area contributed by atoms with Crippen LogP contribution in [0.15, 0.2) is 77.3 Å². The zero-order valence-corrected chi connectivity index (χ0v) is 15.1.